The minimum Gasteiger partial charge on any atom is -0.381 e. The summed E-state index contributed by atoms with van der Waals surface area (Å²) in [6.07, 6.45) is 2.42. The summed E-state index contributed by atoms with van der Waals surface area (Å²) in [6, 6.07) is 8.71. The molecule has 0 aliphatic carbocycles. The van der Waals surface area contributed by atoms with Crippen LogP contribution in [0, 0.1) is 5.92 Å². The van der Waals surface area contributed by atoms with E-state index >= 15 is 0 Å². The third kappa shape index (κ3) is 4.60. The Labute approximate surface area is 116 Å². The molecular formula is C16H26N2O. The van der Waals surface area contributed by atoms with Crippen molar-refractivity contribution in [3.8, 4) is 0 Å². The maximum Gasteiger partial charge on any atom is 0.0469 e. The minimum atomic E-state index is 0.801. The molecule has 3 nitrogen and oxygen atoms in total. The summed E-state index contributed by atoms with van der Waals surface area (Å²) in [4.78, 5) is 2.45. The normalized spacial score (nSPS) is 17.0. The second kappa shape index (κ2) is 7.63. The first kappa shape index (κ1) is 14.5. The monoisotopic (exact) mass is 262 g/mol. The molecule has 0 spiro atoms. The van der Waals surface area contributed by atoms with Crippen LogP contribution in [-0.2, 0) is 17.8 Å². The molecule has 106 valence electrons. The van der Waals surface area contributed by atoms with E-state index in [1.165, 1.54) is 30.5 Å². The highest BCUT2D eigenvalue weighted by Gasteiger charge is 2.16. The Morgan fingerprint density at radius 3 is 2.58 bits per heavy atom. The highest BCUT2D eigenvalue weighted by atomic mass is 16.5. The third-order valence-corrected chi connectivity index (χ3v) is 3.84. The Hall–Kier alpha value is -0.900. The van der Waals surface area contributed by atoms with Gasteiger partial charge >= 0.3 is 0 Å². The molecule has 1 aliphatic rings. The van der Waals surface area contributed by atoms with Crippen molar-refractivity contribution in [2.45, 2.75) is 25.9 Å². The van der Waals surface area contributed by atoms with Gasteiger partial charge in [-0.15, -0.1) is 0 Å². The molecule has 0 radical (unpaired) electrons. The maximum atomic E-state index is 5.42. The molecule has 1 aromatic rings. The van der Waals surface area contributed by atoms with E-state index < -0.39 is 0 Å². The Bertz CT molecular complexity index is 375. The molecule has 3 heteroatoms. The second-order valence-electron chi connectivity index (χ2n) is 5.55. The van der Waals surface area contributed by atoms with E-state index in [9.17, 15) is 0 Å². The van der Waals surface area contributed by atoms with E-state index in [4.69, 9.17) is 4.74 Å². The summed E-state index contributed by atoms with van der Waals surface area (Å²) in [5.41, 5.74) is 2.84. The average Bonchev–Trinajstić information content (AvgIpc) is 2.42. The van der Waals surface area contributed by atoms with Crippen molar-refractivity contribution in [2.24, 2.45) is 5.92 Å². The zero-order chi connectivity index (χ0) is 13.5. The predicted molar refractivity (Wildman–Crippen MR) is 79.1 cm³/mol. The van der Waals surface area contributed by atoms with Crippen molar-refractivity contribution in [3.05, 3.63) is 35.4 Å². The largest absolute Gasteiger partial charge is 0.381 e. The van der Waals surface area contributed by atoms with Gasteiger partial charge in [0.25, 0.3) is 0 Å². The van der Waals surface area contributed by atoms with Crippen molar-refractivity contribution in [1.82, 2.24) is 10.2 Å². The quantitative estimate of drug-likeness (QED) is 0.851. The van der Waals surface area contributed by atoms with Crippen LogP contribution in [0.15, 0.2) is 24.3 Å². The predicted octanol–water partition coefficient (Wildman–Crippen LogP) is 2.26. The summed E-state index contributed by atoms with van der Waals surface area (Å²) >= 11 is 0. The Kier molecular flexibility index (Phi) is 5.83. The minimum absolute atomic E-state index is 0.801. The first-order valence-corrected chi connectivity index (χ1v) is 7.27. The van der Waals surface area contributed by atoms with E-state index in [0.717, 1.165) is 32.2 Å². The number of hydrogen-bond donors (Lipinski definition) is 1. The molecule has 0 bridgehead atoms. The Morgan fingerprint density at radius 1 is 1.21 bits per heavy atom. The number of ether oxygens (including phenoxy) is 1. The van der Waals surface area contributed by atoms with Gasteiger partial charge in [-0.1, -0.05) is 24.3 Å². The fourth-order valence-corrected chi connectivity index (χ4v) is 2.80. The van der Waals surface area contributed by atoms with Gasteiger partial charge in [-0.2, -0.15) is 0 Å². The van der Waals surface area contributed by atoms with E-state index in [2.05, 4.69) is 41.5 Å². The number of hydrogen-bond acceptors (Lipinski definition) is 3. The summed E-state index contributed by atoms with van der Waals surface area (Å²) in [6.45, 7) is 5.04. The standard InChI is InChI=1S/C16H26N2O/c1-17-11-15-5-3-4-6-16(15)13-18(2)12-14-7-9-19-10-8-14/h3-6,14,17H,7-13H2,1-2H3. The lowest BCUT2D eigenvalue weighted by Gasteiger charge is -2.27. The van der Waals surface area contributed by atoms with E-state index in [1.807, 2.05) is 7.05 Å². The van der Waals surface area contributed by atoms with Crippen LogP contribution in [0.4, 0.5) is 0 Å². The lowest BCUT2D eigenvalue weighted by atomic mass is 9.99. The van der Waals surface area contributed by atoms with Crippen LogP contribution >= 0.6 is 0 Å². The summed E-state index contributed by atoms with van der Waals surface area (Å²) in [5.74, 6) is 0.801. The molecule has 0 unspecified atom stereocenters. The lowest BCUT2D eigenvalue weighted by molar-refractivity contribution is 0.0549. The molecule has 2 rings (SSSR count). The van der Waals surface area contributed by atoms with E-state index in [0.29, 0.717) is 0 Å². The van der Waals surface area contributed by atoms with Crippen molar-refractivity contribution in [1.29, 1.82) is 0 Å². The first-order chi connectivity index (χ1) is 9.29. The molecule has 1 heterocycles. The fraction of sp³-hybridized carbons (Fsp3) is 0.625. The molecule has 0 amide bonds. The van der Waals surface area contributed by atoms with E-state index in [1.54, 1.807) is 0 Å². The van der Waals surface area contributed by atoms with Gasteiger partial charge in [-0.3, -0.25) is 0 Å². The molecule has 1 saturated heterocycles. The van der Waals surface area contributed by atoms with Gasteiger partial charge in [-0.05, 0) is 44.0 Å². The van der Waals surface area contributed by atoms with Gasteiger partial charge < -0.3 is 15.0 Å². The molecule has 1 aliphatic heterocycles. The SMILES string of the molecule is CNCc1ccccc1CN(C)CC1CCOCC1. The smallest absolute Gasteiger partial charge is 0.0469 e. The van der Waals surface area contributed by atoms with Gasteiger partial charge in [0.15, 0.2) is 0 Å². The summed E-state index contributed by atoms with van der Waals surface area (Å²) in [5, 5.41) is 3.24. The molecule has 0 saturated carbocycles. The molecular weight excluding hydrogens is 236 g/mol. The number of rotatable bonds is 6. The molecule has 1 fully saturated rings. The maximum absolute atomic E-state index is 5.42. The highest BCUT2D eigenvalue weighted by Crippen LogP contribution is 2.17. The molecule has 0 atom stereocenters. The lowest BCUT2D eigenvalue weighted by Crippen LogP contribution is -2.29. The number of nitrogens with one attached hydrogen (secondary N) is 1. The zero-order valence-electron chi connectivity index (χ0n) is 12.2. The van der Waals surface area contributed by atoms with Crippen LogP contribution in [0.2, 0.25) is 0 Å². The molecule has 0 aromatic heterocycles. The average molecular weight is 262 g/mol. The third-order valence-electron chi connectivity index (χ3n) is 3.84. The van der Waals surface area contributed by atoms with Gasteiger partial charge in [0.2, 0.25) is 0 Å². The van der Waals surface area contributed by atoms with Crippen molar-refractivity contribution < 1.29 is 4.74 Å². The molecule has 19 heavy (non-hydrogen) atoms. The molecule has 1 aromatic carbocycles. The van der Waals surface area contributed by atoms with Crippen molar-refractivity contribution in [2.75, 3.05) is 33.9 Å². The van der Waals surface area contributed by atoms with Crippen LogP contribution in [0.5, 0.6) is 0 Å². The van der Waals surface area contributed by atoms with Crippen molar-refractivity contribution >= 4 is 0 Å². The van der Waals surface area contributed by atoms with Crippen molar-refractivity contribution in [3.63, 3.8) is 0 Å². The van der Waals surface area contributed by atoms with Gasteiger partial charge in [0.05, 0.1) is 0 Å². The topological polar surface area (TPSA) is 24.5 Å². The van der Waals surface area contributed by atoms with Gasteiger partial charge in [-0.25, -0.2) is 0 Å². The second-order valence-corrected chi connectivity index (χ2v) is 5.55. The van der Waals surface area contributed by atoms with Crippen LogP contribution in [0.3, 0.4) is 0 Å². The Morgan fingerprint density at radius 2 is 1.89 bits per heavy atom. The number of benzene rings is 1. The Balaban J connectivity index is 1.88. The van der Waals surface area contributed by atoms with Crippen LogP contribution in [-0.4, -0.2) is 38.8 Å². The van der Waals surface area contributed by atoms with Crippen LogP contribution in [0.25, 0.3) is 0 Å². The van der Waals surface area contributed by atoms with Gasteiger partial charge in [0, 0.05) is 32.8 Å². The zero-order valence-corrected chi connectivity index (χ0v) is 12.2. The summed E-state index contributed by atoms with van der Waals surface area (Å²) < 4.78 is 5.42. The van der Waals surface area contributed by atoms with E-state index in [-0.39, 0.29) is 0 Å². The van der Waals surface area contributed by atoms with Crippen LogP contribution < -0.4 is 5.32 Å². The fourth-order valence-electron chi connectivity index (χ4n) is 2.80. The number of nitrogens with zero attached hydrogens (tertiary/aromatic N) is 1. The molecule has 1 N–H and O–H groups in total. The summed E-state index contributed by atoms with van der Waals surface area (Å²) in [7, 11) is 4.23. The van der Waals surface area contributed by atoms with Gasteiger partial charge in [0.1, 0.15) is 0 Å². The first-order valence-electron chi connectivity index (χ1n) is 7.27. The van der Waals surface area contributed by atoms with Crippen LogP contribution in [0.1, 0.15) is 24.0 Å². The highest BCUT2D eigenvalue weighted by molar-refractivity contribution is 5.26.